The largest absolute Gasteiger partial charge is 0.361 e. The Morgan fingerprint density at radius 1 is 1.13 bits per heavy atom. The van der Waals surface area contributed by atoms with Crippen molar-refractivity contribution in [3.8, 4) is 6.07 Å². The number of aromatic nitrogens is 1. The fraction of sp³-hybridized carbons (Fsp3) is 0.158. The normalized spacial score (nSPS) is 10.4. The Balaban J connectivity index is 1.52. The average molecular weight is 303 g/mol. The molecular weight excluding hydrogens is 286 g/mol. The van der Waals surface area contributed by atoms with Crippen LogP contribution in [0.5, 0.6) is 0 Å². The molecule has 0 aliphatic carbocycles. The molecule has 0 aliphatic rings. The molecule has 0 unspecified atom stereocenters. The molecule has 1 amide bonds. The molecule has 1 heterocycles. The summed E-state index contributed by atoms with van der Waals surface area (Å²) in [5, 5.41) is 12.8. The van der Waals surface area contributed by atoms with E-state index in [1.165, 1.54) is 5.39 Å². The molecule has 4 nitrogen and oxygen atoms in total. The Hall–Kier alpha value is -3.06. The second-order valence-electron chi connectivity index (χ2n) is 5.44. The zero-order chi connectivity index (χ0) is 16.1. The fourth-order valence-electron chi connectivity index (χ4n) is 2.57. The Morgan fingerprint density at radius 2 is 1.91 bits per heavy atom. The molecule has 3 rings (SSSR count). The quantitative estimate of drug-likeness (QED) is 0.759. The van der Waals surface area contributed by atoms with E-state index in [0.29, 0.717) is 24.9 Å². The van der Waals surface area contributed by atoms with E-state index in [2.05, 4.69) is 22.4 Å². The van der Waals surface area contributed by atoms with Gasteiger partial charge >= 0.3 is 0 Å². The van der Waals surface area contributed by atoms with Gasteiger partial charge in [0, 0.05) is 30.1 Å². The van der Waals surface area contributed by atoms with Crippen LogP contribution in [0.2, 0.25) is 0 Å². The monoisotopic (exact) mass is 303 g/mol. The number of nitrogens with one attached hydrogen (secondary N) is 2. The summed E-state index contributed by atoms with van der Waals surface area (Å²) in [6.07, 6.45) is 3.14. The summed E-state index contributed by atoms with van der Waals surface area (Å²) >= 11 is 0. The maximum Gasteiger partial charge on any atom is 0.220 e. The Bertz CT molecular complexity index is 856. The third kappa shape index (κ3) is 3.58. The summed E-state index contributed by atoms with van der Waals surface area (Å²) in [5.74, 6) is 0.0274. The molecule has 0 saturated carbocycles. The Kier molecular flexibility index (Phi) is 4.39. The number of para-hydroxylation sites is 1. The van der Waals surface area contributed by atoms with Crippen LogP contribution < -0.4 is 5.32 Å². The minimum absolute atomic E-state index is 0.0274. The van der Waals surface area contributed by atoms with Gasteiger partial charge in [-0.1, -0.05) is 30.3 Å². The van der Waals surface area contributed by atoms with Gasteiger partial charge in [0.1, 0.15) is 0 Å². The van der Waals surface area contributed by atoms with E-state index in [-0.39, 0.29) is 5.91 Å². The molecule has 0 bridgehead atoms. The third-order valence-corrected chi connectivity index (χ3v) is 3.87. The minimum Gasteiger partial charge on any atom is -0.361 e. The number of benzene rings is 2. The maximum absolute atomic E-state index is 12.0. The van der Waals surface area contributed by atoms with Crippen LogP contribution in [0.1, 0.15) is 23.1 Å². The van der Waals surface area contributed by atoms with Gasteiger partial charge in [-0.3, -0.25) is 4.79 Å². The average Bonchev–Trinajstić information content (AvgIpc) is 3.02. The van der Waals surface area contributed by atoms with Crippen LogP contribution in [0.3, 0.4) is 0 Å². The smallest absolute Gasteiger partial charge is 0.220 e. The summed E-state index contributed by atoms with van der Waals surface area (Å²) in [4.78, 5) is 15.2. The van der Waals surface area contributed by atoms with E-state index in [4.69, 9.17) is 5.26 Å². The predicted molar refractivity (Wildman–Crippen MR) is 89.6 cm³/mol. The van der Waals surface area contributed by atoms with Crippen LogP contribution in [-0.4, -0.2) is 10.9 Å². The number of aryl methyl sites for hydroxylation is 1. The molecule has 2 N–H and O–H groups in total. The molecule has 0 spiro atoms. The molecule has 3 aromatic rings. The zero-order valence-corrected chi connectivity index (χ0v) is 12.7. The standard InChI is InChI=1S/C19H17N3O/c20-11-14-5-7-15(8-6-14)12-22-19(23)10-9-16-13-21-18-4-2-1-3-17(16)18/h1-8,13,21H,9-10,12H2,(H,22,23). The molecule has 0 fully saturated rings. The highest BCUT2D eigenvalue weighted by Gasteiger charge is 2.06. The van der Waals surface area contributed by atoms with Gasteiger partial charge in [0.15, 0.2) is 0 Å². The maximum atomic E-state index is 12.0. The second-order valence-corrected chi connectivity index (χ2v) is 5.44. The van der Waals surface area contributed by atoms with Crippen LogP contribution in [0, 0.1) is 11.3 Å². The van der Waals surface area contributed by atoms with Gasteiger partial charge in [-0.2, -0.15) is 5.26 Å². The Labute approximate surface area is 134 Å². The van der Waals surface area contributed by atoms with E-state index >= 15 is 0 Å². The molecular formula is C19H17N3O. The SMILES string of the molecule is N#Cc1ccc(CNC(=O)CCc2c[nH]c3ccccc23)cc1. The molecule has 114 valence electrons. The molecule has 23 heavy (non-hydrogen) atoms. The molecule has 2 aromatic carbocycles. The minimum atomic E-state index is 0.0274. The van der Waals surface area contributed by atoms with Gasteiger partial charge in [-0.05, 0) is 35.7 Å². The number of nitrogens with zero attached hydrogens (tertiary/aromatic N) is 1. The number of H-pyrrole nitrogens is 1. The summed E-state index contributed by atoms with van der Waals surface area (Å²) in [5.41, 5.74) is 3.87. The number of hydrogen-bond donors (Lipinski definition) is 2. The predicted octanol–water partition coefficient (Wildman–Crippen LogP) is 3.29. The van der Waals surface area contributed by atoms with E-state index in [1.807, 2.05) is 36.5 Å². The first-order valence-electron chi connectivity index (χ1n) is 7.57. The summed E-state index contributed by atoms with van der Waals surface area (Å²) in [6.45, 7) is 0.485. The van der Waals surface area contributed by atoms with Crippen LogP contribution in [0.25, 0.3) is 10.9 Å². The summed E-state index contributed by atoms with van der Waals surface area (Å²) < 4.78 is 0. The lowest BCUT2D eigenvalue weighted by Gasteiger charge is -2.05. The third-order valence-electron chi connectivity index (χ3n) is 3.87. The number of nitriles is 1. The zero-order valence-electron chi connectivity index (χ0n) is 12.7. The van der Waals surface area contributed by atoms with Gasteiger partial charge in [0.25, 0.3) is 0 Å². The van der Waals surface area contributed by atoms with E-state index in [0.717, 1.165) is 16.6 Å². The van der Waals surface area contributed by atoms with Crippen LogP contribution in [0.4, 0.5) is 0 Å². The van der Waals surface area contributed by atoms with Crippen molar-refractivity contribution in [2.45, 2.75) is 19.4 Å². The molecule has 0 aliphatic heterocycles. The topological polar surface area (TPSA) is 68.7 Å². The van der Waals surface area contributed by atoms with Crippen molar-refractivity contribution < 1.29 is 4.79 Å². The highest BCUT2D eigenvalue weighted by Crippen LogP contribution is 2.18. The van der Waals surface area contributed by atoms with Crippen LogP contribution >= 0.6 is 0 Å². The fourth-order valence-corrected chi connectivity index (χ4v) is 2.57. The van der Waals surface area contributed by atoms with Gasteiger partial charge < -0.3 is 10.3 Å². The van der Waals surface area contributed by atoms with E-state index in [1.54, 1.807) is 12.1 Å². The van der Waals surface area contributed by atoms with Gasteiger partial charge in [-0.25, -0.2) is 0 Å². The number of carbonyl (C=O) groups is 1. The molecule has 0 radical (unpaired) electrons. The number of fused-ring (bicyclic) bond motifs is 1. The lowest BCUT2D eigenvalue weighted by atomic mass is 10.1. The Morgan fingerprint density at radius 3 is 2.70 bits per heavy atom. The van der Waals surface area contributed by atoms with Gasteiger partial charge in [0.2, 0.25) is 5.91 Å². The van der Waals surface area contributed by atoms with Crippen LogP contribution in [-0.2, 0) is 17.8 Å². The van der Waals surface area contributed by atoms with Crippen molar-refractivity contribution in [2.75, 3.05) is 0 Å². The number of rotatable bonds is 5. The van der Waals surface area contributed by atoms with E-state index < -0.39 is 0 Å². The highest BCUT2D eigenvalue weighted by atomic mass is 16.1. The highest BCUT2D eigenvalue weighted by molar-refractivity contribution is 5.84. The first-order valence-corrected chi connectivity index (χ1v) is 7.57. The van der Waals surface area contributed by atoms with Crippen molar-refractivity contribution in [2.24, 2.45) is 0 Å². The van der Waals surface area contributed by atoms with Gasteiger partial charge in [-0.15, -0.1) is 0 Å². The second kappa shape index (κ2) is 6.80. The number of amides is 1. The van der Waals surface area contributed by atoms with Gasteiger partial charge in [0.05, 0.1) is 11.6 Å². The molecule has 1 aromatic heterocycles. The summed E-state index contributed by atoms with van der Waals surface area (Å²) in [6, 6.07) is 17.4. The van der Waals surface area contributed by atoms with E-state index in [9.17, 15) is 4.79 Å². The number of hydrogen-bond acceptors (Lipinski definition) is 2. The molecule has 0 saturated heterocycles. The van der Waals surface area contributed by atoms with Crippen molar-refractivity contribution in [1.29, 1.82) is 5.26 Å². The van der Waals surface area contributed by atoms with Crippen molar-refractivity contribution in [3.63, 3.8) is 0 Å². The number of aromatic amines is 1. The lowest BCUT2D eigenvalue weighted by molar-refractivity contribution is -0.121. The molecule has 0 atom stereocenters. The first-order chi connectivity index (χ1) is 11.3. The number of carbonyl (C=O) groups excluding carboxylic acids is 1. The van der Waals surface area contributed by atoms with Crippen molar-refractivity contribution >= 4 is 16.8 Å². The first kappa shape index (κ1) is 14.9. The van der Waals surface area contributed by atoms with Crippen molar-refractivity contribution in [3.05, 3.63) is 71.4 Å². The summed E-state index contributed by atoms with van der Waals surface area (Å²) in [7, 11) is 0. The molecule has 4 heteroatoms. The lowest BCUT2D eigenvalue weighted by Crippen LogP contribution is -2.22. The van der Waals surface area contributed by atoms with Crippen LogP contribution in [0.15, 0.2) is 54.7 Å². The van der Waals surface area contributed by atoms with Crippen molar-refractivity contribution in [1.82, 2.24) is 10.3 Å².